The summed E-state index contributed by atoms with van der Waals surface area (Å²) in [4.78, 5) is 18.6. The van der Waals surface area contributed by atoms with Gasteiger partial charge >= 0.3 is 0 Å². The number of nitrogens with zero attached hydrogens (tertiary/aromatic N) is 6. The van der Waals surface area contributed by atoms with E-state index >= 15 is 0 Å². The Balaban J connectivity index is 1.48. The van der Waals surface area contributed by atoms with Crippen LogP contribution in [0.5, 0.6) is 5.95 Å². The molecule has 1 amide bonds. The number of ether oxygens (including phenoxy) is 1. The van der Waals surface area contributed by atoms with Gasteiger partial charge in [0.05, 0.1) is 20.0 Å². The number of amides is 1. The van der Waals surface area contributed by atoms with Crippen molar-refractivity contribution in [3.63, 3.8) is 0 Å². The highest BCUT2D eigenvalue weighted by Crippen LogP contribution is 2.27. The molecule has 0 bridgehead atoms. The second-order valence-electron chi connectivity index (χ2n) is 6.68. The van der Waals surface area contributed by atoms with Gasteiger partial charge in [0.15, 0.2) is 11.6 Å². The normalized spacial score (nSPS) is 17.3. The fourth-order valence-electron chi connectivity index (χ4n) is 3.49. The molecule has 1 aliphatic rings. The molecule has 142 valence electrons. The Morgan fingerprint density at radius 2 is 2.26 bits per heavy atom. The van der Waals surface area contributed by atoms with Crippen LogP contribution in [0.1, 0.15) is 41.0 Å². The molecule has 0 N–H and O–H groups in total. The molecule has 9 heteroatoms. The lowest BCUT2D eigenvalue weighted by Crippen LogP contribution is -2.39. The predicted molar refractivity (Wildman–Crippen MR) is 95.5 cm³/mol. The molecule has 0 aliphatic carbocycles. The predicted octanol–water partition coefficient (Wildman–Crippen LogP) is 1.68. The number of carbonyl (C=O) groups is 1. The van der Waals surface area contributed by atoms with Crippen LogP contribution < -0.4 is 4.74 Å². The maximum Gasteiger partial charge on any atom is 0.289 e. The van der Waals surface area contributed by atoms with Crippen molar-refractivity contribution in [2.75, 3.05) is 20.2 Å². The molecule has 4 heterocycles. The Morgan fingerprint density at radius 3 is 3.00 bits per heavy atom. The molecular weight excluding hydrogens is 348 g/mol. The van der Waals surface area contributed by atoms with Gasteiger partial charge in [-0.3, -0.25) is 4.79 Å². The Hall–Kier alpha value is -3.10. The third-order valence-corrected chi connectivity index (χ3v) is 4.95. The first-order chi connectivity index (χ1) is 13.2. The van der Waals surface area contributed by atoms with Gasteiger partial charge in [0.2, 0.25) is 0 Å². The van der Waals surface area contributed by atoms with Gasteiger partial charge < -0.3 is 23.2 Å². The zero-order valence-electron chi connectivity index (χ0n) is 15.4. The Bertz CT molecular complexity index is 914. The highest BCUT2D eigenvalue weighted by atomic mass is 16.6. The summed E-state index contributed by atoms with van der Waals surface area (Å²) in [5.74, 6) is 2.43. The van der Waals surface area contributed by atoms with Crippen LogP contribution in [-0.2, 0) is 13.6 Å². The number of piperidine rings is 1. The molecule has 1 saturated heterocycles. The SMILES string of the molecule is COc1ccc(C(=O)N2CCC[C@@H](c3nnc(Cn4ccnc4)n3C)C2)o1. The third kappa shape index (κ3) is 3.44. The summed E-state index contributed by atoms with van der Waals surface area (Å²) >= 11 is 0. The smallest absolute Gasteiger partial charge is 0.289 e. The lowest BCUT2D eigenvalue weighted by Gasteiger charge is -2.31. The minimum atomic E-state index is -0.121. The molecule has 1 aliphatic heterocycles. The Kier molecular flexibility index (Phi) is 4.66. The standard InChI is InChI=1S/C18H22N6O3/c1-22-15(11-23-9-7-19-12-23)20-21-17(22)13-4-3-8-24(10-13)18(25)14-5-6-16(26-2)27-14/h5-7,9,12-13H,3-4,8,10-11H2,1-2H3/t13-/m1/s1. The second kappa shape index (κ2) is 7.26. The van der Waals surface area contributed by atoms with E-state index < -0.39 is 0 Å². The fraction of sp³-hybridized carbons (Fsp3) is 0.444. The molecule has 27 heavy (non-hydrogen) atoms. The molecular formula is C18H22N6O3. The minimum Gasteiger partial charge on any atom is -0.468 e. The first-order valence-corrected chi connectivity index (χ1v) is 8.92. The third-order valence-electron chi connectivity index (χ3n) is 4.95. The maximum atomic E-state index is 12.7. The second-order valence-corrected chi connectivity index (χ2v) is 6.68. The van der Waals surface area contributed by atoms with Crippen molar-refractivity contribution >= 4 is 5.91 Å². The molecule has 3 aromatic heterocycles. The summed E-state index contributed by atoms with van der Waals surface area (Å²) in [6.07, 6.45) is 7.28. The van der Waals surface area contributed by atoms with Gasteiger partial charge in [-0.15, -0.1) is 10.2 Å². The molecule has 0 saturated carbocycles. The van der Waals surface area contributed by atoms with Crippen molar-refractivity contribution in [3.05, 3.63) is 48.3 Å². The molecule has 1 fully saturated rings. The quantitative estimate of drug-likeness (QED) is 0.679. The zero-order valence-corrected chi connectivity index (χ0v) is 15.4. The van der Waals surface area contributed by atoms with Gasteiger partial charge in [-0.1, -0.05) is 0 Å². The van der Waals surface area contributed by atoms with Crippen LogP contribution in [0.25, 0.3) is 0 Å². The number of hydrogen-bond acceptors (Lipinski definition) is 6. The number of carbonyl (C=O) groups excluding carboxylic acids is 1. The number of imidazole rings is 1. The van der Waals surface area contributed by atoms with Crippen LogP contribution in [-0.4, -0.2) is 55.3 Å². The lowest BCUT2D eigenvalue weighted by atomic mass is 9.97. The first-order valence-electron chi connectivity index (χ1n) is 8.92. The van der Waals surface area contributed by atoms with Gasteiger partial charge in [0.25, 0.3) is 11.9 Å². The molecule has 0 radical (unpaired) electrons. The van der Waals surface area contributed by atoms with Gasteiger partial charge in [0.1, 0.15) is 5.82 Å². The number of aromatic nitrogens is 5. The van der Waals surface area contributed by atoms with Crippen LogP contribution >= 0.6 is 0 Å². The van der Waals surface area contributed by atoms with Gasteiger partial charge in [-0.05, 0) is 18.9 Å². The minimum absolute atomic E-state index is 0.121. The zero-order chi connectivity index (χ0) is 18.8. The molecule has 9 nitrogen and oxygen atoms in total. The van der Waals surface area contributed by atoms with E-state index in [2.05, 4.69) is 15.2 Å². The fourth-order valence-corrected chi connectivity index (χ4v) is 3.49. The van der Waals surface area contributed by atoms with Gasteiger partial charge in [-0.2, -0.15) is 0 Å². The van der Waals surface area contributed by atoms with Crippen molar-refractivity contribution < 1.29 is 13.9 Å². The number of hydrogen-bond donors (Lipinski definition) is 0. The lowest BCUT2D eigenvalue weighted by molar-refractivity contribution is 0.0665. The van der Waals surface area contributed by atoms with Crippen LogP contribution in [0.3, 0.4) is 0 Å². The average Bonchev–Trinajstić information content (AvgIpc) is 3.44. The first kappa shape index (κ1) is 17.3. The topological polar surface area (TPSA) is 91.2 Å². The summed E-state index contributed by atoms with van der Waals surface area (Å²) in [7, 11) is 3.49. The average molecular weight is 370 g/mol. The summed E-state index contributed by atoms with van der Waals surface area (Å²) in [5.41, 5.74) is 0. The molecule has 0 spiro atoms. The van der Waals surface area contributed by atoms with E-state index in [4.69, 9.17) is 9.15 Å². The van der Waals surface area contributed by atoms with Gasteiger partial charge in [-0.25, -0.2) is 4.98 Å². The maximum absolute atomic E-state index is 12.7. The van der Waals surface area contributed by atoms with Crippen molar-refractivity contribution in [2.24, 2.45) is 7.05 Å². The van der Waals surface area contributed by atoms with Crippen LogP contribution in [0.15, 0.2) is 35.3 Å². The summed E-state index contributed by atoms with van der Waals surface area (Å²) in [6, 6.07) is 3.30. The highest BCUT2D eigenvalue weighted by Gasteiger charge is 2.30. The van der Waals surface area contributed by atoms with E-state index in [0.717, 1.165) is 24.5 Å². The Morgan fingerprint density at radius 1 is 1.37 bits per heavy atom. The van der Waals surface area contributed by atoms with Crippen LogP contribution in [0.2, 0.25) is 0 Å². The van der Waals surface area contributed by atoms with Crippen molar-refractivity contribution in [2.45, 2.75) is 25.3 Å². The summed E-state index contributed by atoms with van der Waals surface area (Å²) < 4.78 is 14.4. The number of methoxy groups -OCH3 is 1. The molecule has 0 unspecified atom stereocenters. The van der Waals surface area contributed by atoms with Gasteiger partial charge in [0, 0.05) is 44.5 Å². The highest BCUT2D eigenvalue weighted by molar-refractivity contribution is 5.91. The van der Waals surface area contributed by atoms with E-state index in [0.29, 0.717) is 31.3 Å². The Labute approximate surface area is 156 Å². The summed E-state index contributed by atoms with van der Waals surface area (Å²) in [6.45, 7) is 1.92. The van der Waals surface area contributed by atoms with Crippen LogP contribution in [0, 0.1) is 0 Å². The van der Waals surface area contributed by atoms with E-state index in [1.165, 1.54) is 7.11 Å². The van der Waals surface area contributed by atoms with Crippen molar-refractivity contribution in [3.8, 4) is 5.95 Å². The number of rotatable bonds is 5. The molecule has 4 rings (SSSR count). The number of likely N-dealkylation sites (tertiary alicyclic amines) is 1. The van der Waals surface area contributed by atoms with Crippen molar-refractivity contribution in [1.82, 2.24) is 29.2 Å². The monoisotopic (exact) mass is 370 g/mol. The van der Waals surface area contributed by atoms with E-state index in [-0.39, 0.29) is 11.8 Å². The summed E-state index contributed by atoms with van der Waals surface area (Å²) in [5, 5.41) is 8.74. The van der Waals surface area contributed by atoms with E-state index in [1.54, 1.807) is 24.7 Å². The molecule has 0 aromatic carbocycles. The van der Waals surface area contributed by atoms with Crippen molar-refractivity contribution in [1.29, 1.82) is 0 Å². The van der Waals surface area contributed by atoms with E-state index in [1.807, 2.05) is 27.3 Å². The van der Waals surface area contributed by atoms with E-state index in [9.17, 15) is 4.79 Å². The molecule has 1 atom stereocenters. The van der Waals surface area contributed by atoms with Crippen LogP contribution in [0.4, 0.5) is 0 Å². The molecule has 3 aromatic rings. The largest absolute Gasteiger partial charge is 0.468 e. The number of furan rings is 1.